The first kappa shape index (κ1) is 17.9. The molecule has 0 bridgehead atoms. The predicted octanol–water partition coefficient (Wildman–Crippen LogP) is 3.37. The molecular formula is C21H21NO4S. The molecule has 1 fully saturated rings. The van der Waals surface area contributed by atoms with Gasteiger partial charge >= 0.3 is 0 Å². The van der Waals surface area contributed by atoms with Gasteiger partial charge in [-0.3, -0.25) is 9.59 Å². The molecule has 1 N–H and O–H groups in total. The number of benzene rings is 2. The summed E-state index contributed by atoms with van der Waals surface area (Å²) in [7, 11) is -3.83. The molecule has 1 amide bonds. The Kier molecular flexibility index (Phi) is 4.38. The highest BCUT2D eigenvalue weighted by Gasteiger charge is 2.35. The van der Waals surface area contributed by atoms with E-state index in [1.54, 1.807) is 12.1 Å². The maximum absolute atomic E-state index is 13.0. The van der Waals surface area contributed by atoms with Crippen molar-refractivity contribution in [2.24, 2.45) is 5.92 Å². The molecule has 2 atom stereocenters. The second-order valence-corrected chi connectivity index (χ2v) is 9.27. The zero-order chi connectivity index (χ0) is 19.2. The lowest BCUT2D eigenvalue weighted by Gasteiger charge is -2.29. The van der Waals surface area contributed by atoms with Gasteiger partial charge in [-0.15, -0.1) is 0 Å². The van der Waals surface area contributed by atoms with Crippen LogP contribution in [0, 0.1) is 5.92 Å². The lowest BCUT2D eigenvalue weighted by Crippen LogP contribution is -2.41. The third kappa shape index (κ3) is 2.98. The highest BCUT2D eigenvalue weighted by molar-refractivity contribution is 7.91. The van der Waals surface area contributed by atoms with E-state index in [0.717, 1.165) is 19.3 Å². The molecule has 6 heteroatoms. The number of hydrogen-bond donors (Lipinski definition) is 1. The van der Waals surface area contributed by atoms with Gasteiger partial charge in [0.2, 0.25) is 9.84 Å². The Balaban J connectivity index is 1.70. The average molecular weight is 383 g/mol. The first-order chi connectivity index (χ1) is 12.9. The largest absolute Gasteiger partial charge is 0.349 e. The standard InChI is InChI=1S/C21H21NO4S/c1-13-6-2-4-8-17(13)22-21(24)14-10-11-16-19(12-14)27(25,26)18-9-5-3-7-15(18)20(16)23/h3,5,7,9-13,17H,2,4,6,8H2,1H3,(H,22,24). The van der Waals surface area contributed by atoms with Crippen LogP contribution in [0.25, 0.3) is 0 Å². The molecule has 2 unspecified atom stereocenters. The molecule has 140 valence electrons. The van der Waals surface area contributed by atoms with Gasteiger partial charge in [-0.05, 0) is 49.1 Å². The van der Waals surface area contributed by atoms with E-state index >= 15 is 0 Å². The quantitative estimate of drug-likeness (QED) is 0.736. The van der Waals surface area contributed by atoms with Gasteiger partial charge in [-0.1, -0.05) is 31.9 Å². The predicted molar refractivity (Wildman–Crippen MR) is 101 cm³/mol. The summed E-state index contributed by atoms with van der Waals surface area (Å²) >= 11 is 0. The van der Waals surface area contributed by atoms with Gasteiger partial charge < -0.3 is 5.32 Å². The van der Waals surface area contributed by atoms with Gasteiger partial charge in [0, 0.05) is 22.7 Å². The smallest absolute Gasteiger partial charge is 0.251 e. The van der Waals surface area contributed by atoms with Gasteiger partial charge in [-0.2, -0.15) is 0 Å². The van der Waals surface area contributed by atoms with E-state index in [2.05, 4.69) is 12.2 Å². The minimum atomic E-state index is -3.83. The van der Waals surface area contributed by atoms with Crippen molar-refractivity contribution in [3.8, 4) is 0 Å². The Hall–Kier alpha value is -2.47. The normalized spacial score (nSPS) is 23.2. The summed E-state index contributed by atoms with van der Waals surface area (Å²) in [6, 6.07) is 10.6. The van der Waals surface area contributed by atoms with Crippen molar-refractivity contribution in [3.05, 3.63) is 59.2 Å². The van der Waals surface area contributed by atoms with Crippen molar-refractivity contribution < 1.29 is 18.0 Å². The summed E-state index contributed by atoms with van der Waals surface area (Å²) in [4.78, 5) is 25.3. The van der Waals surface area contributed by atoms with Gasteiger partial charge in [0.25, 0.3) is 5.91 Å². The van der Waals surface area contributed by atoms with Crippen LogP contribution in [0.3, 0.4) is 0 Å². The van der Waals surface area contributed by atoms with E-state index in [-0.39, 0.29) is 44.2 Å². The van der Waals surface area contributed by atoms with Gasteiger partial charge in [-0.25, -0.2) is 8.42 Å². The second-order valence-electron chi connectivity index (χ2n) is 7.38. The second kappa shape index (κ2) is 6.60. The molecule has 2 aliphatic rings. The van der Waals surface area contributed by atoms with Crippen molar-refractivity contribution in [1.29, 1.82) is 0 Å². The fraction of sp³-hybridized carbons (Fsp3) is 0.333. The molecule has 0 radical (unpaired) electrons. The Bertz CT molecular complexity index is 1040. The molecule has 0 spiro atoms. The zero-order valence-corrected chi connectivity index (χ0v) is 15.9. The highest BCUT2D eigenvalue weighted by atomic mass is 32.2. The van der Waals surface area contributed by atoms with Gasteiger partial charge in [0.05, 0.1) is 9.79 Å². The van der Waals surface area contributed by atoms with Crippen molar-refractivity contribution in [2.75, 3.05) is 0 Å². The molecular weight excluding hydrogens is 362 g/mol. The van der Waals surface area contributed by atoms with Crippen LogP contribution in [-0.2, 0) is 9.84 Å². The lowest BCUT2D eigenvalue weighted by molar-refractivity contribution is 0.0909. The number of ketones is 1. The van der Waals surface area contributed by atoms with E-state index in [1.165, 1.54) is 36.8 Å². The van der Waals surface area contributed by atoms with Crippen LogP contribution in [0.5, 0.6) is 0 Å². The van der Waals surface area contributed by atoms with Crippen LogP contribution >= 0.6 is 0 Å². The number of rotatable bonds is 2. The number of fused-ring (bicyclic) bond motifs is 2. The average Bonchev–Trinajstić information content (AvgIpc) is 2.68. The molecule has 0 saturated heterocycles. The molecule has 1 aliphatic heterocycles. The summed E-state index contributed by atoms with van der Waals surface area (Å²) in [5.41, 5.74) is 0.566. The van der Waals surface area contributed by atoms with E-state index in [0.29, 0.717) is 5.92 Å². The van der Waals surface area contributed by atoms with E-state index in [1.807, 2.05) is 0 Å². The number of carbonyl (C=O) groups excluding carboxylic acids is 2. The van der Waals surface area contributed by atoms with E-state index in [9.17, 15) is 18.0 Å². The summed E-state index contributed by atoms with van der Waals surface area (Å²) in [5.74, 6) is -0.223. The fourth-order valence-electron chi connectivity index (χ4n) is 4.01. The van der Waals surface area contributed by atoms with E-state index in [4.69, 9.17) is 0 Å². The number of nitrogens with one attached hydrogen (secondary N) is 1. The lowest BCUT2D eigenvalue weighted by atomic mass is 9.86. The first-order valence-electron chi connectivity index (χ1n) is 9.23. The Morgan fingerprint density at radius 3 is 2.48 bits per heavy atom. The van der Waals surface area contributed by atoms with Crippen LogP contribution in [0.2, 0.25) is 0 Å². The SMILES string of the molecule is CC1CCCCC1NC(=O)c1ccc2c(c1)S(=O)(=O)c1ccccc1C2=O. The van der Waals surface area contributed by atoms with Crippen LogP contribution in [-0.4, -0.2) is 26.2 Å². The number of hydrogen-bond acceptors (Lipinski definition) is 4. The Labute approximate surface area is 158 Å². The minimum absolute atomic E-state index is 0.000890. The topological polar surface area (TPSA) is 80.3 Å². The third-order valence-electron chi connectivity index (χ3n) is 5.63. The summed E-state index contributed by atoms with van der Waals surface area (Å²) < 4.78 is 25.9. The van der Waals surface area contributed by atoms with Crippen LogP contribution in [0.15, 0.2) is 52.3 Å². The third-order valence-corrected chi connectivity index (χ3v) is 7.48. The van der Waals surface area contributed by atoms with Crippen molar-refractivity contribution in [3.63, 3.8) is 0 Å². The van der Waals surface area contributed by atoms with Gasteiger partial charge in [0.15, 0.2) is 5.78 Å². The highest BCUT2D eigenvalue weighted by Crippen LogP contribution is 2.35. The molecule has 2 aromatic rings. The molecule has 1 aliphatic carbocycles. The molecule has 5 nitrogen and oxygen atoms in total. The number of carbonyl (C=O) groups is 2. The fourth-order valence-corrected chi connectivity index (χ4v) is 5.69. The maximum Gasteiger partial charge on any atom is 0.251 e. The Morgan fingerprint density at radius 2 is 1.70 bits per heavy atom. The minimum Gasteiger partial charge on any atom is -0.349 e. The number of sulfone groups is 1. The molecule has 1 heterocycles. The monoisotopic (exact) mass is 383 g/mol. The summed E-state index contributed by atoms with van der Waals surface area (Å²) in [6.07, 6.45) is 4.27. The maximum atomic E-state index is 13.0. The van der Waals surface area contributed by atoms with Crippen molar-refractivity contribution >= 4 is 21.5 Å². The van der Waals surface area contributed by atoms with E-state index < -0.39 is 9.84 Å². The molecule has 0 aromatic heterocycles. The molecule has 27 heavy (non-hydrogen) atoms. The Morgan fingerprint density at radius 1 is 1.00 bits per heavy atom. The first-order valence-corrected chi connectivity index (χ1v) is 10.7. The van der Waals surface area contributed by atoms with Crippen molar-refractivity contribution in [2.45, 2.75) is 48.4 Å². The van der Waals surface area contributed by atoms with Crippen LogP contribution in [0.4, 0.5) is 0 Å². The molecule has 2 aromatic carbocycles. The zero-order valence-electron chi connectivity index (χ0n) is 15.1. The number of amides is 1. The van der Waals surface area contributed by atoms with Crippen molar-refractivity contribution in [1.82, 2.24) is 5.32 Å². The molecule has 1 saturated carbocycles. The van der Waals surface area contributed by atoms with Crippen LogP contribution in [0.1, 0.15) is 58.9 Å². The van der Waals surface area contributed by atoms with Crippen LogP contribution < -0.4 is 5.32 Å². The molecule has 4 rings (SSSR count). The summed E-state index contributed by atoms with van der Waals surface area (Å²) in [5, 5.41) is 3.03. The van der Waals surface area contributed by atoms with Gasteiger partial charge in [0.1, 0.15) is 0 Å². The summed E-state index contributed by atoms with van der Waals surface area (Å²) in [6.45, 7) is 2.12.